The largest absolute Gasteiger partial charge is 0.354 e. The number of hydrogen-bond acceptors (Lipinski definition) is 4. The number of rotatable bonds is 9. The molecule has 0 radical (unpaired) electrons. The summed E-state index contributed by atoms with van der Waals surface area (Å²) in [5.41, 5.74) is 7.60. The molecule has 1 atom stereocenters. The Morgan fingerprint density at radius 2 is 1.81 bits per heavy atom. The van der Waals surface area contributed by atoms with Crippen LogP contribution in [0.3, 0.4) is 0 Å². The summed E-state index contributed by atoms with van der Waals surface area (Å²) in [6, 6.07) is 17.0. The van der Waals surface area contributed by atoms with Crippen LogP contribution in [0.25, 0.3) is 10.8 Å². The van der Waals surface area contributed by atoms with Gasteiger partial charge in [0.15, 0.2) is 0 Å². The fourth-order valence-corrected chi connectivity index (χ4v) is 5.12. The van der Waals surface area contributed by atoms with Gasteiger partial charge in [0.25, 0.3) is 0 Å². The van der Waals surface area contributed by atoms with Crippen LogP contribution in [0.5, 0.6) is 0 Å². The first kappa shape index (κ1) is 23.2. The molecule has 0 saturated carbocycles. The second-order valence-corrected chi connectivity index (χ2v) is 9.47. The molecule has 1 amide bonds. The molecule has 0 saturated heterocycles. The number of carbonyl (C=O) groups excluding carboxylic acids is 1. The predicted molar refractivity (Wildman–Crippen MR) is 125 cm³/mol. The first-order chi connectivity index (χ1) is 14.8. The molecule has 0 aliphatic rings. The molecule has 8 heteroatoms. The number of benzene rings is 3. The zero-order valence-corrected chi connectivity index (χ0v) is 18.8. The lowest BCUT2D eigenvalue weighted by Crippen LogP contribution is -2.48. The van der Waals surface area contributed by atoms with E-state index in [1.165, 1.54) is 0 Å². The topological polar surface area (TPSA) is 101 Å². The second-order valence-electron chi connectivity index (χ2n) is 7.35. The molecule has 31 heavy (non-hydrogen) atoms. The number of hydrogen-bond donors (Lipinski definition) is 3. The first-order valence-electron chi connectivity index (χ1n) is 10.0. The van der Waals surface area contributed by atoms with Crippen molar-refractivity contribution in [3.05, 3.63) is 76.8 Å². The predicted octanol–water partition coefficient (Wildman–Crippen LogP) is 3.16. The van der Waals surface area contributed by atoms with Gasteiger partial charge in [-0.05, 0) is 61.0 Å². The van der Waals surface area contributed by atoms with Crippen molar-refractivity contribution in [2.45, 2.75) is 30.7 Å². The van der Waals surface area contributed by atoms with E-state index in [0.29, 0.717) is 23.4 Å². The van der Waals surface area contributed by atoms with E-state index >= 15 is 0 Å². The van der Waals surface area contributed by atoms with E-state index in [4.69, 9.17) is 17.3 Å². The van der Waals surface area contributed by atoms with Gasteiger partial charge >= 0.3 is 0 Å². The Labute approximate surface area is 187 Å². The van der Waals surface area contributed by atoms with Crippen molar-refractivity contribution in [3.63, 3.8) is 0 Å². The average molecular weight is 460 g/mol. The van der Waals surface area contributed by atoms with Crippen LogP contribution in [0.15, 0.2) is 65.6 Å². The molecule has 6 nitrogen and oxygen atoms in total. The fraction of sp³-hybridized carbons (Fsp3) is 0.261. The lowest BCUT2D eigenvalue weighted by Gasteiger charge is -2.19. The van der Waals surface area contributed by atoms with Gasteiger partial charge in [-0.25, -0.2) is 8.42 Å². The zero-order valence-electron chi connectivity index (χ0n) is 17.3. The van der Waals surface area contributed by atoms with Crippen LogP contribution < -0.4 is 15.8 Å². The summed E-state index contributed by atoms with van der Waals surface area (Å²) < 4.78 is 28.8. The molecule has 3 aromatic carbocycles. The lowest BCUT2D eigenvalue weighted by atomic mass is 10.1. The number of amides is 1. The normalized spacial score (nSPS) is 12.6. The Morgan fingerprint density at radius 3 is 2.52 bits per heavy atom. The van der Waals surface area contributed by atoms with E-state index in [0.717, 1.165) is 16.5 Å². The molecular formula is C23H26ClN3O3S. The van der Waals surface area contributed by atoms with Crippen molar-refractivity contribution in [1.82, 2.24) is 10.0 Å². The highest BCUT2D eigenvalue weighted by atomic mass is 35.5. The third-order valence-electron chi connectivity index (χ3n) is 5.06. The van der Waals surface area contributed by atoms with Gasteiger partial charge in [0.1, 0.15) is 6.04 Å². The number of nitrogens with one attached hydrogen (secondary N) is 2. The smallest absolute Gasteiger partial charge is 0.241 e. The van der Waals surface area contributed by atoms with Crippen molar-refractivity contribution in [3.8, 4) is 0 Å². The van der Waals surface area contributed by atoms with Gasteiger partial charge < -0.3 is 11.1 Å². The van der Waals surface area contributed by atoms with Crippen molar-refractivity contribution >= 4 is 38.3 Å². The molecular weight excluding hydrogens is 434 g/mol. The summed E-state index contributed by atoms with van der Waals surface area (Å²) in [4.78, 5) is 12.8. The van der Waals surface area contributed by atoms with Gasteiger partial charge in [0.2, 0.25) is 15.9 Å². The summed E-state index contributed by atoms with van der Waals surface area (Å²) in [5, 5.41) is 4.89. The molecule has 3 aromatic rings. The van der Waals surface area contributed by atoms with Crippen LogP contribution in [0.4, 0.5) is 0 Å². The Bertz CT molecular complexity index is 1180. The van der Waals surface area contributed by atoms with Crippen LogP contribution >= 0.6 is 11.6 Å². The van der Waals surface area contributed by atoms with Crippen LogP contribution in [-0.4, -0.2) is 33.5 Å². The quantitative estimate of drug-likeness (QED) is 0.457. The minimum Gasteiger partial charge on any atom is -0.354 e. The third-order valence-corrected chi connectivity index (χ3v) is 6.83. The highest BCUT2D eigenvalue weighted by Gasteiger charge is 2.26. The van der Waals surface area contributed by atoms with Crippen LogP contribution in [0.1, 0.15) is 17.5 Å². The summed E-state index contributed by atoms with van der Waals surface area (Å²) in [7, 11) is -3.94. The maximum absolute atomic E-state index is 13.1. The third kappa shape index (κ3) is 5.83. The van der Waals surface area contributed by atoms with Crippen LogP contribution in [0, 0.1) is 6.92 Å². The molecule has 0 spiro atoms. The Hall–Kier alpha value is -2.45. The minimum absolute atomic E-state index is 0.141. The number of aryl methyl sites for hydroxylation is 1. The Kier molecular flexibility index (Phi) is 7.67. The van der Waals surface area contributed by atoms with E-state index in [9.17, 15) is 13.2 Å². The molecule has 164 valence electrons. The molecule has 0 aromatic heterocycles. The van der Waals surface area contributed by atoms with E-state index in [-0.39, 0.29) is 17.9 Å². The molecule has 0 fully saturated rings. The van der Waals surface area contributed by atoms with E-state index < -0.39 is 22.0 Å². The fourth-order valence-electron chi connectivity index (χ4n) is 3.46. The molecule has 0 aliphatic heterocycles. The van der Waals surface area contributed by atoms with Crippen molar-refractivity contribution in [2.24, 2.45) is 5.73 Å². The van der Waals surface area contributed by atoms with Gasteiger partial charge in [-0.15, -0.1) is 0 Å². The molecule has 0 aliphatic carbocycles. The molecule has 0 bridgehead atoms. The van der Waals surface area contributed by atoms with E-state index in [2.05, 4.69) is 10.0 Å². The van der Waals surface area contributed by atoms with Crippen molar-refractivity contribution in [1.29, 1.82) is 0 Å². The van der Waals surface area contributed by atoms with Crippen LogP contribution in [-0.2, 0) is 21.2 Å². The first-order valence-corrected chi connectivity index (χ1v) is 11.9. The number of fused-ring (bicyclic) bond motifs is 1. The van der Waals surface area contributed by atoms with Crippen molar-refractivity contribution in [2.75, 3.05) is 13.1 Å². The van der Waals surface area contributed by atoms with Gasteiger partial charge in [-0.3, -0.25) is 4.79 Å². The molecule has 4 N–H and O–H groups in total. The monoisotopic (exact) mass is 459 g/mol. The summed E-state index contributed by atoms with van der Waals surface area (Å²) in [5.74, 6) is -0.410. The second kappa shape index (κ2) is 10.2. The van der Waals surface area contributed by atoms with Crippen molar-refractivity contribution < 1.29 is 13.2 Å². The number of halogens is 1. The highest BCUT2D eigenvalue weighted by molar-refractivity contribution is 7.89. The highest BCUT2D eigenvalue weighted by Crippen LogP contribution is 2.26. The number of nitrogens with two attached hydrogens (primary N) is 1. The summed E-state index contributed by atoms with van der Waals surface area (Å²) >= 11 is 5.98. The van der Waals surface area contributed by atoms with Gasteiger partial charge in [0.05, 0.1) is 4.90 Å². The zero-order chi connectivity index (χ0) is 22.4. The molecule has 1 unspecified atom stereocenters. The lowest BCUT2D eigenvalue weighted by molar-refractivity contribution is -0.122. The SMILES string of the molecule is Cc1ccc(S(=O)(=O)NC(CCN)C(=O)NCCc2cccc(Cl)c2)c2ccccc12. The molecule has 0 heterocycles. The Balaban J connectivity index is 1.74. The maximum Gasteiger partial charge on any atom is 0.241 e. The standard InChI is InChI=1S/C23H26ClN3O3S/c1-16-9-10-22(20-8-3-2-7-19(16)20)31(29,30)27-21(11-13-25)23(28)26-14-12-17-5-4-6-18(24)15-17/h2-10,15,21,27H,11-14,25H2,1H3,(H,26,28). The van der Waals surface area contributed by atoms with Gasteiger partial charge in [0, 0.05) is 17.0 Å². The summed E-state index contributed by atoms with van der Waals surface area (Å²) in [6.45, 7) is 2.45. The summed E-state index contributed by atoms with van der Waals surface area (Å²) in [6.07, 6.45) is 0.767. The Morgan fingerprint density at radius 1 is 1.06 bits per heavy atom. The van der Waals surface area contributed by atoms with E-state index in [1.807, 2.05) is 37.3 Å². The van der Waals surface area contributed by atoms with E-state index in [1.54, 1.807) is 30.3 Å². The van der Waals surface area contributed by atoms with Crippen LogP contribution in [0.2, 0.25) is 5.02 Å². The number of carbonyl (C=O) groups is 1. The average Bonchev–Trinajstić information content (AvgIpc) is 2.73. The number of sulfonamides is 1. The molecule has 3 rings (SSSR count). The maximum atomic E-state index is 13.1. The van der Waals surface area contributed by atoms with Gasteiger partial charge in [-0.2, -0.15) is 4.72 Å². The van der Waals surface area contributed by atoms with Gasteiger partial charge in [-0.1, -0.05) is 54.1 Å². The minimum atomic E-state index is -3.94.